The van der Waals surface area contributed by atoms with E-state index >= 15 is 0 Å². The first kappa shape index (κ1) is 18.9. The lowest BCUT2D eigenvalue weighted by Crippen LogP contribution is -2.48. The first-order valence-electron chi connectivity index (χ1n) is 9.47. The van der Waals surface area contributed by atoms with E-state index in [1.54, 1.807) is 24.0 Å². The second kappa shape index (κ2) is 7.87. The molecule has 7 heteroatoms. The Bertz CT molecular complexity index is 1020. The van der Waals surface area contributed by atoms with Gasteiger partial charge >= 0.3 is 0 Å². The van der Waals surface area contributed by atoms with E-state index in [1.807, 2.05) is 24.3 Å². The normalized spacial score (nSPS) is 14.1. The SMILES string of the molecule is CC(=O)c1ccc(N2CCN(C(=O)c3cn[nH]c3-c3ccc(F)cc3)CC2)cc1. The molecule has 1 fully saturated rings. The maximum Gasteiger partial charge on any atom is 0.257 e. The predicted molar refractivity (Wildman–Crippen MR) is 109 cm³/mol. The number of halogens is 1. The summed E-state index contributed by atoms with van der Waals surface area (Å²) in [4.78, 5) is 28.4. The number of benzene rings is 2. The van der Waals surface area contributed by atoms with Gasteiger partial charge in [-0.15, -0.1) is 0 Å². The number of Topliss-reactive ketones (excluding diaryl/α,β-unsaturated/α-hetero) is 1. The van der Waals surface area contributed by atoms with Crippen molar-refractivity contribution >= 4 is 17.4 Å². The second-order valence-electron chi connectivity index (χ2n) is 7.05. The minimum atomic E-state index is -0.325. The lowest BCUT2D eigenvalue weighted by atomic mass is 10.1. The average molecular weight is 392 g/mol. The van der Waals surface area contributed by atoms with Gasteiger partial charge in [-0.1, -0.05) is 0 Å². The van der Waals surface area contributed by atoms with Gasteiger partial charge in [0.15, 0.2) is 5.78 Å². The van der Waals surface area contributed by atoms with Crippen molar-refractivity contribution in [1.29, 1.82) is 0 Å². The summed E-state index contributed by atoms with van der Waals surface area (Å²) in [6.07, 6.45) is 1.52. The smallest absolute Gasteiger partial charge is 0.257 e. The maximum atomic E-state index is 13.2. The first-order valence-corrected chi connectivity index (χ1v) is 9.47. The number of nitrogens with zero attached hydrogens (tertiary/aromatic N) is 3. The Labute approximate surface area is 167 Å². The number of amides is 1. The average Bonchev–Trinajstić information content (AvgIpc) is 3.24. The van der Waals surface area contributed by atoms with Gasteiger partial charge in [0.05, 0.1) is 17.5 Å². The number of piperazine rings is 1. The van der Waals surface area contributed by atoms with Gasteiger partial charge in [0, 0.05) is 43.0 Å². The van der Waals surface area contributed by atoms with Crippen molar-refractivity contribution in [3.8, 4) is 11.3 Å². The molecule has 1 aromatic heterocycles. The third-order valence-electron chi connectivity index (χ3n) is 5.21. The number of hydrogen-bond acceptors (Lipinski definition) is 4. The number of carbonyl (C=O) groups excluding carboxylic acids is 2. The molecular formula is C22H21FN4O2. The van der Waals surface area contributed by atoms with Crippen LogP contribution in [0.15, 0.2) is 54.7 Å². The van der Waals surface area contributed by atoms with E-state index in [9.17, 15) is 14.0 Å². The summed E-state index contributed by atoms with van der Waals surface area (Å²) >= 11 is 0. The number of carbonyl (C=O) groups is 2. The van der Waals surface area contributed by atoms with E-state index in [0.717, 1.165) is 11.3 Å². The molecule has 0 bridgehead atoms. The Morgan fingerprint density at radius 1 is 0.966 bits per heavy atom. The van der Waals surface area contributed by atoms with Crippen molar-refractivity contribution in [3.63, 3.8) is 0 Å². The second-order valence-corrected chi connectivity index (χ2v) is 7.05. The summed E-state index contributed by atoms with van der Waals surface area (Å²) in [5.41, 5.74) is 3.53. The molecule has 1 amide bonds. The summed E-state index contributed by atoms with van der Waals surface area (Å²) in [6.45, 7) is 4.13. The molecule has 148 valence electrons. The van der Waals surface area contributed by atoms with Crippen LogP contribution in [0.5, 0.6) is 0 Å². The Balaban J connectivity index is 1.44. The number of nitrogens with one attached hydrogen (secondary N) is 1. The lowest BCUT2D eigenvalue weighted by molar-refractivity contribution is 0.0747. The van der Waals surface area contributed by atoms with Gasteiger partial charge in [-0.3, -0.25) is 14.7 Å². The third kappa shape index (κ3) is 3.89. The van der Waals surface area contributed by atoms with Crippen LogP contribution in [0, 0.1) is 5.82 Å². The van der Waals surface area contributed by atoms with Crippen LogP contribution in [-0.2, 0) is 0 Å². The molecule has 0 atom stereocenters. The van der Waals surface area contributed by atoms with E-state index < -0.39 is 0 Å². The molecule has 0 unspecified atom stereocenters. The zero-order chi connectivity index (χ0) is 20.4. The molecule has 0 aliphatic carbocycles. The number of hydrogen-bond donors (Lipinski definition) is 1. The van der Waals surface area contributed by atoms with Crippen LogP contribution in [0.1, 0.15) is 27.6 Å². The van der Waals surface area contributed by atoms with E-state index in [1.165, 1.54) is 18.3 Å². The standard InChI is InChI=1S/C22H21FN4O2/c1-15(28)16-4-8-19(9-5-16)26-10-12-27(13-11-26)22(29)20-14-24-25-21(20)17-2-6-18(23)7-3-17/h2-9,14H,10-13H2,1H3,(H,24,25). The molecule has 1 aliphatic rings. The van der Waals surface area contributed by atoms with Gasteiger partial charge in [-0.2, -0.15) is 5.10 Å². The molecule has 2 heterocycles. The number of H-pyrrole nitrogens is 1. The molecule has 29 heavy (non-hydrogen) atoms. The summed E-state index contributed by atoms with van der Waals surface area (Å²) < 4.78 is 13.2. The molecule has 1 saturated heterocycles. The van der Waals surface area contributed by atoms with Crippen LogP contribution in [0.25, 0.3) is 11.3 Å². The number of aromatic amines is 1. The predicted octanol–water partition coefficient (Wildman–Crippen LogP) is 3.38. The maximum absolute atomic E-state index is 13.2. The molecule has 4 rings (SSSR count). The quantitative estimate of drug-likeness (QED) is 0.691. The van der Waals surface area contributed by atoms with E-state index in [2.05, 4.69) is 15.1 Å². The fourth-order valence-electron chi connectivity index (χ4n) is 3.53. The van der Waals surface area contributed by atoms with Crippen LogP contribution in [-0.4, -0.2) is 53.0 Å². The van der Waals surface area contributed by atoms with E-state index in [4.69, 9.17) is 0 Å². The zero-order valence-corrected chi connectivity index (χ0v) is 16.1. The topological polar surface area (TPSA) is 69.3 Å². The molecule has 1 N–H and O–H groups in total. The lowest BCUT2D eigenvalue weighted by Gasteiger charge is -2.36. The van der Waals surface area contributed by atoms with Crippen molar-refractivity contribution in [2.24, 2.45) is 0 Å². The van der Waals surface area contributed by atoms with Crippen molar-refractivity contribution in [2.45, 2.75) is 6.92 Å². The van der Waals surface area contributed by atoms with E-state index in [0.29, 0.717) is 43.0 Å². The highest BCUT2D eigenvalue weighted by Gasteiger charge is 2.25. The van der Waals surface area contributed by atoms with Crippen LogP contribution in [0.3, 0.4) is 0 Å². The molecule has 1 aliphatic heterocycles. The third-order valence-corrected chi connectivity index (χ3v) is 5.21. The number of rotatable bonds is 4. The Kier molecular flexibility index (Phi) is 5.12. The van der Waals surface area contributed by atoms with Crippen LogP contribution >= 0.6 is 0 Å². The largest absolute Gasteiger partial charge is 0.368 e. The summed E-state index contributed by atoms with van der Waals surface area (Å²) in [7, 11) is 0. The van der Waals surface area contributed by atoms with Gasteiger partial charge in [0.2, 0.25) is 0 Å². The minimum absolute atomic E-state index is 0.0454. The summed E-state index contributed by atoms with van der Waals surface area (Å²) in [5, 5.41) is 6.87. The fourth-order valence-corrected chi connectivity index (χ4v) is 3.53. The number of aromatic nitrogens is 2. The highest BCUT2D eigenvalue weighted by Crippen LogP contribution is 2.24. The summed E-state index contributed by atoms with van der Waals surface area (Å²) in [5.74, 6) is -0.373. The Morgan fingerprint density at radius 2 is 1.62 bits per heavy atom. The molecule has 0 saturated carbocycles. The van der Waals surface area contributed by atoms with Gasteiger partial charge in [-0.05, 0) is 55.5 Å². The van der Waals surface area contributed by atoms with Gasteiger partial charge < -0.3 is 9.80 Å². The van der Waals surface area contributed by atoms with Crippen molar-refractivity contribution < 1.29 is 14.0 Å². The molecule has 2 aromatic carbocycles. The van der Waals surface area contributed by atoms with Crippen LogP contribution in [0.2, 0.25) is 0 Å². The Hall–Kier alpha value is -3.48. The molecule has 3 aromatic rings. The first-order chi connectivity index (χ1) is 14.0. The monoisotopic (exact) mass is 392 g/mol. The van der Waals surface area contributed by atoms with Gasteiger partial charge in [-0.25, -0.2) is 4.39 Å². The zero-order valence-electron chi connectivity index (χ0n) is 16.1. The molecule has 6 nitrogen and oxygen atoms in total. The molecular weight excluding hydrogens is 371 g/mol. The minimum Gasteiger partial charge on any atom is -0.368 e. The van der Waals surface area contributed by atoms with Crippen molar-refractivity contribution in [1.82, 2.24) is 15.1 Å². The van der Waals surface area contributed by atoms with Crippen LogP contribution in [0.4, 0.5) is 10.1 Å². The molecule has 0 spiro atoms. The number of ketones is 1. The van der Waals surface area contributed by atoms with Crippen molar-refractivity contribution in [2.75, 3.05) is 31.1 Å². The highest BCUT2D eigenvalue weighted by molar-refractivity contribution is 6.00. The summed E-state index contributed by atoms with van der Waals surface area (Å²) in [6, 6.07) is 13.5. The number of anilines is 1. The fraction of sp³-hybridized carbons (Fsp3) is 0.227. The van der Waals surface area contributed by atoms with Gasteiger partial charge in [0.1, 0.15) is 5.82 Å². The Morgan fingerprint density at radius 3 is 2.24 bits per heavy atom. The van der Waals surface area contributed by atoms with E-state index in [-0.39, 0.29) is 17.5 Å². The van der Waals surface area contributed by atoms with Crippen LogP contribution < -0.4 is 4.90 Å². The van der Waals surface area contributed by atoms with Gasteiger partial charge in [0.25, 0.3) is 5.91 Å². The van der Waals surface area contributed by atoms with Crippen molar-refractivity contribution in [3.05, 3.63) is 71.7 Å². The molecule has 0 radical (unpaired) electrons. The highest BCUT2D eigenvalue weighted by atomic mass is 19.1.